The lowest BCUT2D eigenvalue weighted by Gasteiger charge is -2.44. The first-order chi connectivity index (χ1) is 7.71. The topological polar surface area (TPSA) is 0 Å². The minimum Gasteiger partial charge on any atom is -0.123 e. The highest BCUT2D eigenvalue weighted by Gasteiger charge is 2.76. The van der Waals surface area contributed by atoms with E-state index in [2.05, 4.69) is 0 Å². The molecule has 0 unspecified atom stereocenters. The second-order valence-electron chi connectivity index (χ2n) is 5.02. The Balaban J connectivity index is 2.59. The van der Waals surface area contributed by atoms with E-state index in [1.54, 1.807) is 0 Å². The van der Waals surface area contributed by atoms with Gasteiger partial charge in [0.15, 0.2) is 0 Å². The summed E-state index contributed by atoms with van der Waals surface area (Å²) in [6, 6.07) is 0. The maximum Gasteiger partial charge on any atom is 0.115 e. The van der Waals surface area contributed by atoms with E-state index in [4.69, 9.17) is 81.2 Å². The third-order valence-electron chi connectivity index (χ3n) is 4.58. The molecule has 0 aliphatic heterocycles. The molecule has 0 spiro atoms. The number of hydrogen-bond donors (Lipinski definition) is 0. The summed E-state index contributed by atoms with van der Waals surface area (Å²) in [5, 5.41) is -0.857. The Morgan fingerprint density at radius 3 is 1.88 bits per heavy atom. The molecule has 17 heavy (non-hydrogen) atoms. The Morgan fingerprint density at radius 1 is 1.00 bits per heavy atom. The Labute approximate surface area is 136 Å². The summed E-state index contributed by atoms with van der Waals surface area (Å²) in [7, 11) is 0. The van der Waals surface area contributed by atoms with Gasteiger partial charge in [-0.2, -0.15) is 0 Å². The minimum atomic E-state index is -0.704. The van der Waals surface area contributed by atoms with Crippen molar-refractivity contribution in [1.29, 1.82) is 0 Å². The summed E-state index contributed by atoms with van der Waals surface area (Å²) in [5.74, 6) is -0.0895. The molecule has 2 rings (SSSR count). The van der Waals surface area contributed by atoms with Gasteiger partial charge in [-0.3, -0.25) is 0 Å². The second kappa shape index (κ2) is 4.79. The van der Waals surface area contributed by atoms with Crippen molar-refractivity contribution < 1.29 is 0 Å². The number of hydrogen-bond acceptors (Lipinski definition) is 0. The molecule has 2 bridgehead atoms. The highest BCUT2D eigenvalue weighted by Crippen LogP contribution is 2.74. The number of rotatable bonds is 2. The molecule has 0 aromatic heterocycles. The van der Waals surface area contributed by atoms with Crippen LogP contribution in [0.15, 0.2) is 0 Å². The van der Waals surface area contributed by atoms with Gasteiger partial charge in [-0.15, -0.1) is 81.2 Å². The Kier molecular flexibility index (Phi) is 4.35. The molecule has 6 atom stereocenters. The average molecular weight is 379 g/mol. The highest BCUT2D eigenvalue weighted by atomic mass is 35.5. The first kappa shape index (κ1) is 15.4. The summed E-state index contributed by atoms with van der Waals surface area (Å²) in [5.41, 5.74) is -1.22. The fraction of sp³-hybridized carbons (Fsp3) is 1.00. The van der Waals surface area contributed by atoms with E-state index < -0.39 is 20.5 Å². The maximum absolute atomic E-state index is 6.43. The molecule has 0 heterocycles. The van der Waals surface area contributed by atoms with E-state index in [1.165, 1.54) is 0 Å². The standard InChI is InChI=1S/C10H11Cl7/c1-9(7(14)15)4-3(11)2-10(9,8(16)17)6(13)5(4)12/h3-8H,2H2,1H3/t3-,4-,5+,6-,9+,10+/m1/s1. The molecule has 0 amide bonds. The molecule has 0 aromatic carbocycles. The third kappa shape index (κ3) is 1.71. The van der Waals surface area contributed by atoms with Gasteiger partial charge >= 0.3 is 0 Å². The summed E-state index contributed by atoms with van der Waals surface area (Å²) in [6.07, 6.45) is 0.584. The summed E-state index contributed by atoms with van der Waals surface area (Å²) < 4.78 is 0. The van der Waals surface area contributed by atoms with Crippen LogP contribution in [-0.4, -0.2) is 25.8 Å². The second-order valence-corrected chi connectivity index (χ2v) is 8.74. The lowest BCUT2D eigenvalue weighted by molar-refractivity contribution is 0.140. The lowest BCUT2D eigenvalue weighted by Crippen LogP contribution is -2.47. The van der Waals surface area contributed by atoms with Crippen LogP contribution >= 0.6 is 81.2 Å². The fourth-order valence-electron chi connectivity index (χ4n) is 3.55. The normalized spacial score (nSPS) is 54.0. The molecule has 0 radical (unpaired) electrons. The van der Waals surface area contributed by atoms with E-state index in [1.807, 2.05) is 6.92 Å². The largest absolute Gasteiger partial charge is 0.123 e. The van der Waals surface area contributed by atoms with Crippen molar-refractivity contribution in [3.63, 3.8) is 0 Å². The van der Waals surface area contributed by atoms with E-state index in [0.29, 0.717) is 6.42 Å². The van der Waals surface area contributed by atoms with Crippen molar-refractivity contribution in [2.45, 2.75) is 39.1 Å². The highest BCUT2D eigenvalue weighted by molar-refractivity contribution is 6.48. The average Bonchev–Trinajstić information content (AvgIpc) is 2.54. The molecule has 0 N–H and O–H groups in total. The van der Waals surface area contributed by atoms with Gasteiger partial charge in [0.05, 0.1) is 10.8 Å². The van der Waals surface area contributed by atoms with E-state index >= 15 is 0 Å². The molecular weight excluding hydrogens is 368 g/mol. The molecule has 2 aliphatic carbocycles. The Morgan fingerprint density at radius 2 is 1.53 bits per heavy atom. The molecule has 0 nitrogen and oxygen atoms in total. The van der Waals surface area contributed by atoms with Crippen molar-refractivity contribution in [1.82, 2.24) is 0 Å². The first-order valence-electron chi connectivity index (χ1n) is 5.19. The van der Waals surface area contributed by atoms with Crippen LogP contribution in [0.3, 0.4) is 0 Å². The maximum atomic E-state index is 6.43. The quantitative estimate of drug-likeness (QED) is 0.561. The zero-order valence-corrected chi connectivity index (χ0v) is 14.1. The smallest absolute Gasteiger partial charge is 0.115 e. The molecule has 0 saturated heterocycles. The first-order valence-corrected chi connectivity index (χ1v) is 8.25. The van der Waals surface area contributed by atoms with Crippen LogP contribution in [0.25, 0.3) is 0 Å². The minimum absolute atomic E-state index is 0.0895. The third-order valence-corrected chi connectivity index (χ3v) is 8.00. The molecular formula is C10H11Cl7. The summed E-state index contributed by atoms with van der Waals surface area (Å²) >= 11 is 43.8. The molecule has 2 fully saturated rings. The van der Waals surface area contributed by atoms with Crippen molar-refractivity contribution in [3.05, 3.63) is 0 Å². The zero-order valence-electron chi connectivity index (χ0n) is 8.82. The number of halogens is 7. The van der Waals surface area contributed by atoms with Crippen LogP contribution in [0.2, 0.25) is 0 Å². The fourth-order valence-corrected chi connectivity index (χ4v) is 7.32. The van der Waals surface area contributed by atoms with Gasteiger partial charge in [-0.1, -0.05) is 6.92 Å². The molecule has 100 valence electrons. The van der Waals surface area contributed by atoms with Crippen LogP contribution in [0, 0.1) is 16.7 Å². The van der Waals surface area contributed by atoms with Crippen LogP contribution < -0.4 is 0 Å². The van der Waals surface area contributed by atoms with E-state index in [-0.39, 0.29) is 22.0 Å². The Hall–Kier alpha value is 2.03. The van der Waals surface area contributed by atoms with Crippen molar-refractivity contribution in [2.75, 3.05) is 0 Å². The summed E-state index contributed by atoms with van der Waals surface area (Å²) in [4.78, 5) is -1.37. The molecule has 7 heteroatoms. The van der Waals surface area contributed by atoms with Crippen molar-refractivity contribution in [3.8, 4) is 0 Å². The van der Waals surface area contributed by atoms with Gasteiger partial charge < -0.3 is 0 Å². The van der Waals surface area contributed by atoms with E-state index in [0.717, 1.165) is 0 Å². The number of fused-ring (bicyclic) bond motifs is 2. The van der Waals surface area contributed by atoms with Crippen LogP contribution in [-0.2, 0) is 0 Å². The van der Waals surface area contributed by atoms with Crippen LogP contribution in [0.4, 0.5) is 0 Å². The number of alkyl halides is 7. The molecule has 2 saturated carbocycles. The SMILES string of the molecule is C[C@@]1(C(Cl)Cl)[C@H]2[C@H](Cl)[C@@H](Cl)[C@]1(C(Cl)Cl)C[C@H]2Cl. The Bertz CT molecular complexity index is 320. The van der Waals surface area contributed by atoms with Gasteiger partial charge in [-0.05, 0) is 6.42 Å². The zero-order chi connectivity index (χ0) is 13.2. The van der Waals surface area contributed by atoms with E-state index in [9.17, 15) is 0 Å². The van der Waals surface area contributed by atoms with Crippen molar-refractivity contribution in [2.24, 2.45) is 16.7 Å². The predicted molar refractivity (Wildman–Crippen MR) is 78.6 cm³/mol. The molecule has 0 aromatic rings. The van der Waals surface area contributed by atoms with Gasteiger partial charge in [0, 0.05) is 22.1 Å². The van der Waals surface area contributed by atoms with Crippen molar-refractivity contribution >= 4 is 81.2 Å². The van der Waals surface area contributed by atoms with Gasteiger partial charge in [0.2, 0.25) is 0 Å². The monoisotopic (exact) mass is 376 g/mol. The molecule has 2 aliphatic rings. The lowest BCUT2D eigenvalue weighted by atomic mass is 9.70. The van der Waals surface area contributed by atoms with Gasteiger partial charge in [0.1, 0.15) is 9.67 Å². The van der Waals surface area contributed by atoms with Gasteiger partial charge in [-0.25, -0.2) is 0 Å². The van der Waals surface area contributed by atoms with Gasteiger partial charge in [0.25, 0.3) is 0 Å². The summed E-state index contributed by atoms with van der Waals surface area (Å²) in [6.45, 7) is 1.93. The van der Waals surface area contributed by atoms with Crippen LogP contribution in [0.5, 0.6) is 0 Å². The van der Waals surface area contributed by atoms with Crippen LogP contribution in [0.1, 0.15) is 13.3 Å². The predicted octanol–water partition coefficient (Wildman–Crippen LogP) is 5.44.